The van der Waals surface area contributed by atoms with Crippen LogP contribution in [0.1, 0.15) is 6.42 Å². The van der Waals surface area contributed by atoms with Gasteiger partial charge in [0.2, 0.25) is 0 Å². The summed E-state index contributed by atoms with van der Waals surface area (Å²) in [6, 6.07) is 0. The minimum atomic E-state index is -0.197. The van der Waals surface area contributed by atoms with Gasteiger partial charge in [-0.05, 0) is 40.4 Å². The Kier molecular flexibility index (Phi) is 2.44. The van der Waals surface area contributed by atoms with Gasteiger partial charge in [0.25, 0.3) is 0 Å². The molecule has 0 saturated heterocycles. The molecule has 0 N–H and O–H groups in total. The van der Waals surface area contributed by atoms with Gasteiger partial charge in [0.1, 0.15) is 5.83 Å². The van der Waals surface area contributed by atoms with E-state index in [4.69, 9.17) is 0 Å². The average Bonchev–Trinajstić information content (AvgIpc) is 1.95. The van der Waals surface area contributed by atoms with Crippen molar-refractivity contribution >= 4 is 15.9 Å². The van der Waals surface area contributed by atoms with Crippen LogP contribution in [0.25, 0.3) is 0 Å². The lowest BCUT2D eigenvalue weighted by molar-refractivity contribution is 0.654. The van der Waals surface area contributed by atoms with Crippen LogP contribution in [-0.2, 0) is 0 Å². The van der Waals surface area contributed by atoms with E-state index in [0.717, 1.165) is 5.57 Å². The van der Waals surface area contributed by atoms with Gasteiger partial charge in [-0.3, -0.25) is 0 Å². The Hall–Kier alpha value is -0.370. The van der Waals surface area contributed by atoms with Crippen molar-refractivity contribution < 1.29 is 4.39 Å². The summed E-state index contributed by atoms with van der Waals surface area (Å²) in [6.07, 6.45) is 5.73. The van der Waals surface area contributed by atoms with Gasteiger partial charge >= 0.3 is 0 Å². The van der Waals surface area contributed by atoms with Crippen molar-refractivity contribution in [3.63, 3.8) is 0 Å². The summed E-state index contributed by atoms with van der Waals surface area (Å²) in [4.78, 5) is 0. The van der Waals surface area contributed by atoms with E-state index < -0.39 is 0 Å². The lowest BCUT2D eigenvalue weighted by atomic mass is 10.1. The van der Waals surface area contributed by atoms with Gasteiger partial charge in [0, 0.05) is 0 Å². The fourth-order valence-electron chi connectivity index (χ4n) is 0.779. The van der Waals surface area contributed by atoms with Gasteiger partial charge in [-0.1, -0.05) is 12.7 Å². The van der Waals surface area contributed by atoms with E-state index >= 15 is 0 Å². The van der Waals surface area contributed by atoms with E-state index in [-0.39, 0.29) is 5.83 Å². The third-order valence-electron chi connectivity index (χ3n) is 1.32. The summed E-state index contributed by atoms with van der Waals surface area (Å²) in [7, 11) is 0. The SMILES string of the molecule is C=CC1=C(Br)C(F)=CC[CH]1. The van der Waals surface area contributed by atoms with E-state index in [1.54, 1.807) is 6.08 Å². The second kappa shape index (κ2) is 3.15. The highest BCUT2D eigenvalue weighted by molar-refractivity contribution is 9.12. The molecule has 0 aliphatic heterocycles. The monoisotopic (exact) mass is 201 g/mol. The first-order valence-corrected chi connectivity index (χ1v) is 3.76. The first-order chi connectivity index (χ1) is 4.75. The zero-order chi connectivity index (χ0) is 7.56. The molecule has 0 amide bonds. The molecule has 0 fully saturated rings. The van der Waals surface area contributed by atoms with E-state index in [1.165, 1.54) is 6.08 Å². The van der Waals surface area contributed by atoms with Gasteiger partial charge < -0.3 is 0 Å². The zero-order valence-corrected chi connectivity index (χ0v) is 6.99. The standard InChI is InChI=1S/C8H7BrF/c1-2-6-4-3-5-7(10)8(6)9/h2,4-5H,1,3H2. The summed E-state index contributed by atoms with van der Waals surface area (Å²) >= 11 is 3.11. The number of hydrogen-bond acceptors (Lipinski definition) is 0. The third kappa shape index (κ3) is 1.37. The predicted molar refractivity (Wildman–Crippen MR) is 44.3 cm³/mol. The molecule has 1 aliphatic rings. The van der Waals surface area contributed by atoms with Crippen molar-refractivity contribution in [3.05, 3.63) is 41.0 Å². The first-order valence-electron chi connectivity index (χ1n) is 2.97. The van der Waals surface area contributed by atoms with Crippen molar-refractivity contribution in [2.45, 2.75) is 6.42 Å². The normalized spacial score (nSPS) is 18.8. The number of allylic oxidation sites excluding steroid dienone is 5. The zero-order valence-electron chi connectivity index (χ0n) is 5.40. The highest BCUT2D eigenvalue weighted by Gasteiger charge is 2.10. The number of rotatable bonds is 1. The van der Waals surface area contributed by atoms with Crippen LogP contribution >= 0.6 is 15.9 Å². The molecule has 1 radical (unpaired) electrons. The van der Waals surface area contributed by atoms with E-state index in [1.807, 2.05) is 6.42 Å². The summed E-state index contributed by atoms with van der Waals surface area (Å²) in [6.45, 7) is 3.56. The summed E-state index contributed by atoms with van der Waals surface area (Å²) in [5.74, 6) is -0.197. The smallest absolute Gasteiger partial charge is 0.133 e. The third-order valence-corrected chi connectivity index (χ3v) is 2.15. The highest BCUT2D eigenvalue weighted by atomic mass is 79.9. The summed E-state index contributed by atoms with van der Waals surface area (Å²) in [5, 5.41) is 0. The Labute approximate surface area is 68.3 Å². The molecule has 1 aliphatic carbocycles. The molecule has 53 valence electrons. The Morgan fingerprint density at radius 1 is 1.70 bits per heavy atom. The second-order valence-corrected chi connectivity index (χ2v) is 2.76. The fourth-order valence-corrected chi connectivity index (χ4v) is 1.27. The van der Waals surface area contributed by atoms with Crippen LogP contribution in [0, 0.1) is 6.42 Å². The Morgan fingerprint density at radius 2 is 2.40 bits per heavy atom. The molecule has 0 aromatic carbocycles. The van der Waals surface area contributed by atoms with E-state index in [0.29, 0.717) is 10.9 Å². The lowest BCUT2D eigenvalue weighted by Gasteiger charge is -2.08. The minimum absolute atomic E-state index is 0.197. The molecule has 0 unspecified atom stereocenters. The molecule has 0 spiro atoms. The summed E-state index contributed by atoms with van der Waals surface area (Å²) < 4.78 is 13.2. The van der Waals surface area contributed by atoms with Crippen molar-refractivity contribution in [1.29, 1.82) is 0 Å². The van der Waals surface area contributed by atoms with Gasteiger partial charge in [-0.15, -0.1) is 0 Å². The molecular weight excluding hydrogens is 195 g/mol. The molecular formula is C8H7BrF. The van der Waals surface area contributed by atoms with Crippen LogP contribution < -0.4 is 0 Å². The fraction of sp³-hybridized carbons (Fsp3) is 0.125. The largest absolute Gasteiger partial charge is 0.206 e. The quantitative estimate of drug-likeness (QED) is 0.611. The maximum atomic E-state index is 12.7. The molecule has 0 aromatic heterocycles. The van der Waals surface area contributed by atoms with Crippen molar-refractivity contribution in [3.8, 4) is 0 Å². The molecule has 1 rings (SSSR count). The molecule has 0 bridgehead atoms. The molecule has 0 heterocycles. The molecule has 0 atom stereocenters. The number of hydrogen-bond donors (Lipinski definition) is 0. The maximum Gasteiger partial charge on any atom is 0.133 e. The predicted octanol–water partition coefficient (Wildman–Crippen LogP) is 3.28. The molecule has 0 aromatic rings. The maximum absolute atomic E-state index is 12.7. The molecule has 0 nitrogen and oxygen atoms in total. The second-order valence-electron chi connectivity index (χ2n) is 1.97. The van der Waals surface area contributed by atoms with Gasteiger partial charge in [0.15, 0.2) is 0 Å². The molecule has 0 saturated carbocycles. The van der Waals surface area contributed by atoms with Crippen LogP contribution in [0.2, 0.25) is 0 Å². The van der Waals surface area contributed by atoms with Crippen LogP contribution in [-0.4, -0.2) is 0 Å². The Balaban J connectivity index is 2.95. The summed E-state index contributed by atoms with van der Waals surface area (Å²) in [5.41, 5.74) is 0.833. The average molecular weight is 202 g/mol. The van der Waals surface area contributed by atoms with Crippen LogP contribution in [0.15, 0.2) is 34.6 Å². The number of halogens is 2. The highest BCUT2D eigenvalue weighted by Crippen LogP contribution is 2.30. The van der Waals surface area contributed by atoms with Gasteiger partial charge in [-0.25, -0.2) is 4.39 Å². The van der Waals surface area contributed by atoms with E-state index in [9.17, 15) is 4.39 Å². The topological polar surface area (TPSA) is 0 Å². The van der Waals surface area contributed by atoms with Crippen molar-refractivity contribution in [1.82, 2.24) is 0 Å². The minimum Gasteiger partial charge on any atom is -0.206 e. The molecule has 10 heavy (non-hydrogen) atoms. The van der Waals surface area contributed by atoms with Gasteiger partial charge in [0.05, 0.1) is 4.48 Å². The van der Waals surface area contributed by atoms with Crippen molar-refractivity contribution in [2.24, 2.45) is 0 Å². The van der Waals surface area contributed by atoms with Crippen molar-refractivity contribution in [2.75, 3.05) is 0 Å². The van der Waals surface area contributed by atoms with E-state index in [2.05, 4.69) is 22.5 Å². The first kappa shape index (κ1) is 7.73. The van der Waals surface area contributed by atoms with Gasteiger partial charge in [-0.2, -0.15) is 0 Å². The molecule has 2 heteroatoms. The van der Waals surface area contributed by atoms with Crippen LogP contribution in [0.4, 0.5) is 4.39 Å². The Bertz CT molecular complexity index is 213. The van der Waals surface area contributed by atoms with Crippen LogP contribution in [0.5, 0.6) is 0 Å². The Morgan fingerprint density at radius 3 is 2.90 bits per heavy atom. The van der Waals surface area contributed by atoms with Crippen LogP contribution in [0.3, 0.4) is 0 Å². The lowest BCUT2D eigenvalue weighted by Crippen LogP contribution is -1.91.